The van der Waals surface area contributed by atoms with Gasteiger partial charge in [-0.3, -0.25) is 4.79 Å². The zero-order chi connectivity index (χ0) is 15.5. The van der Waals surface area contributed by atoms with E-state index in [9.17, 15) is 4.79 Å². The van der Waals surface area contributed by atoms with Gasteiger partial charge in [0.1, 0.15) is 11.4 Å². The molecule has 22 heavy (non-hydrogen) atoms. The monoisotopic (exact) mass is 303 g/mol. The average Bonchev–Trinajstić information content (AvgIpc) is 2.55. The van der Waals surface area contributed by atoms with Crippen LogP contribution in [0.2, 0.25) is 0 Å². The fraction of sp³-hybridized carbons (Fsp3) is 0.588. The number of amides is 1. The van der Waals surface area contributed by atoms with E-state index in [1.54, 1.807) is 0 Å². The highest BCUT2D eigenvalue weighted by atomic mass is 16.5. The number of para-hydroxylation sites is 1. The minimum atomic E-state index is -0.400. The van der Waals surface area contributed by atoms with E-state index < -0.39 is 6.10 Å². The summed E-state index contributed by atoms with van der Waals surface area (Å²) in [5.41, 5.74) is 2.08. The number of anilines is 2. The van der Waals surface area contributed by atoms with Crippen LogP contribution in [0.25, 0.3) is 0 Å². The molecule has 0 spiro atoms. The van der Waals surface area contributed by atoms with Crippen LogP contribution in [0.3, 0.4) is 0 Å². The lowest BCUT2D eigenvalue weighted by molar-refractivity contribution is -0.125. The number of ether oxygens (including phenoxy) is 1. The fourth-order valence-electron chi connectivity index (χ4n) is 3.15. The number of benzene rings is 1. The number of unbranched alkanes of at least 4 members (excludes halogenated alkanes) is 1. The van der Waals surface area contributed by atoms with E-state index in [2.05, 4.69) is 23.2 Å². The van der Waals surface area contributed by atoms with E-state index in [1.165, 1.54) is 0 Å². The summed E-state index contributed by atoms with van der Waals surface area (Å²) in [6, 6.07) is 6.11. The van der Waals surface area contributed by atoms with Crippen molar-refractivity contribution < 1.29 is 9.53 Å². The Hall–Kier alpha value is -1.75. The van der Waals surface area contributed by atoms with Gasteiger partial charge in [-0.1, -0.05) is 19.4 Å². The first-order valence-electron chi connectivity index (χ1n) is 8.29. The van der Waals surface area contributed by atoms with Crippen LogP contribution in [0, 0.1) is 0 Å². The van der Waals surface area contributed by atoms with E-state index in [-0.39, 0.29) is 5.91 Å². The van der Waals surface area contributed by atoms with Crippen molar-refractivity contribution >= 4 is 17.3 Å². The number of carbonyl (C=O) groups excluding carboxylic acids is 1. The molecule has 1 atom stereocenters. The summed E-state index contributed by atoms with van der Waals surface area (Å²) in [7, 11) is 0. The van der Waals surface area contributed by atoms with Gasteiger partial charge in [-0.2, -0.15) is 0 Å². The van der Waals surface area contributed by atoms with Crippen molar-refractivity contribution in [3.8, 4) is 5.75 Å². The second-order valence-corrected chi connectivity index (χ2v) is 5.96. The number of piperazine rings is 1. The van der Waals surface area contributed by atoms with Gasteiger partial charge in [0, 0.05) is 32.7 Å². The number of hydrogen-bond acceptors (Lipinski definition) is 4. The van der Waals surface area contributed by atoms with Gasteiger partial charge in [-0.25, -0.2) is 0 Å². The second-order valence-electron chi connectivity index (χ2n) is 5.96. The molecule has 1 unspecified atom stereocenters. The molecule has 0 saturated carbocycles. The van der Waals surface area contributed by atoms with Gasteiger partial charge in [0.2, 0.25) is 0 Å². The van der Waals surface area contributed by atoms with Crippen LogP contribution in [-0.4, -0.2) is 44.7 Å². The molecule has 1 fully saturated rings. The van der Waals surface area contributed by atoms with Gasteiger partial charge >= 0.3 is 0 Å². The van der Waals surface area contributed by atoms with Crippen molar-refractivity contribution in [2.24, 2.45) is 0 Å². The molecule has 1 saturated heterocycles. The summed E-state index contributed by atoms with van der Waals surface area (Å²) >= 11 is 0. The molecule has 5 heteroatoms. The van der Waals surface area contributed by atoms with E-state index in [0.29, 0.717) is 0 Å². The van der Waals surface area contributed by atoms with E-state index in [4.69, 9.17) is 4.74 Å². The third-order valence-corrected chi connectivity index (χ3v) is 4.36. The molecule has 1 aromatic carbocycles. The highest BCUT2D eigenvalue weighted by molar-refractivity contribution is 6.03. The smallest absolute Gasteiger partial charge is 0.267 e. The Balaban J connectivity index is 1.99. The molecule has 5 nitrogen and oxygen atoms in total. The quantitative estimate of drug-likeness (QED) is 0.924. The number of hydrogen-bond donors (Lipinski definition) is 1. The third kappa shape index (κ3) is 2.77. The van der Waals surface area contributed by atoms with Crippen molar-refractivity contribution in [3.63, 3.8) is 0 Å². The average molecular weight is 303 g/mol. The molecular formula is C17H25N3O2. The molecule has 3 rings (SSSR count). The third-order valence-electron chi connectivity index (χ3n) is 4.36. The minimum Gasteiger partial charge on any atom is -0.479 e. The van der Waals surface area contributed by atoms with Crippen molar-refractivity contribution in [3.05, 3.63) is 18.2 Å². The molecule has 1 N–H and O–H groups in total. The van der Waals surface area contributed by atoms with Crippen LogP contribution in [0.4, 0.5) is 11.4 Å². The predicted molar refractivity (Wildman–Crippen MR) is 88.9 cm³/mol. The Kier molecular flexibility index (Phi) is 4.52. The van der Waals surface area contributed by atoms with E-state index in [0.717, 1.165) is 62.7 Å². The number of nitrogens with one attached hydrogen (secondary N) is 1. The Bertz CT molecular complexity index is 541. The molecule has 0 aromatic heterocycles. The minimum absolute atomic E-state index is 0.0727. The number of nitrogens with zero attached hydrogens (tertiary/aromatic N) is 2. The summed E-state index contributed by atoms with van der Waals surface area (Å²) in [6.07, 6.45) is 1.68. The lowest BCUT2D eigenvalue weighted by Crippen LogP contribution is -2.47. The molecule has 1 amide bonds. The van der Waals surface area contributed by atoms with Gasteiger partial charge in [0.05, 0.1) is 5.69 Å². The molecule has 0 radical (unpaired) electrons. The van der Waals surface area contributed by atoms with Gasteiger partial charge in [0.25, 0.3) is 5.91 Å². The van der Waals surface area contributed by atoms with Crippen molar-refractivity contribution in [1.29, 1.82) is 0 Å². The maximum absolute atomic E-state index is 12.6. The van der Waals surface area contributed by atoms with Crippen LogP contribution in [0.5, 0.6) is 5.75 Å². The first-order chi connectivity index (χ1) is 10.7. The Morgan fingerprint density at radius 1 is 1.32 bits per heavy atom. The topological polar surface area (TPSA) is 44.8 Å². The van der Waals surface area contributed by atoms with Crippen LogP contribution in [-0.2, 0) is 4.79 Å². The number of carbonyl (C=O) groups is 1. The standard InChI is InChI=1S/C17H25N3O2/c1-3-4-10-20-16-14(19-11-8-18-9-12-19)6-5-7-15(16)22-13(2)17(20)21/h5-7,13,18H,3-4,8-12H2,1-2H3. The molecule has 1 aromatic rings. The Morgan fingerprint density at radius 2 is 2.09 bits per heavy atom. The predicted octanol–water partition coefficient (Wildman–Crippen LogP) is 2.01. The largest absolute Gasteiger partial charge is 0.479 e. The Labute approximate surface area is 132 Å². The van der Waals surface area contributed by atoms with E-state index in [1.807, 2.05) is 24.0 Å². The van der Waals surface area contributed by atoms with Crippen molar-refractivity contribution in [2.75, 3.05) is 42.5 Å². The van der Waals surface area contributed by atoms with Crippen LogP contribution >= 0.6 is 0 Å². The molecule has 2 aliphatic rings. The highest BCUT2D eigenvalue weighted by Crippen LogP contribution is 2.42. The summed E-state index contributed by atoms with van der Waals surface area (Å²) < 4.78 is 5.85. The van der Waals surface area contributed by atoms with Crippen molar-refractivity contribution in [1.82, 2.24) is 5.32 Å². The summed E-state index contributed by atoms with van der Waals surface area (Å²) in [5.74, 6) is 0.905. The van der Waals surface area contributed by atoms with Gasteiger partial charge in [-0.15, -0.1) is 0 Å². The van der Waals surface area contributed by atoms with E-state index >= 15 is 0 Å². The van der Waals surface area contributed by atoms with Crippen LogP contribution in [0.15, 0.2) is 18.2 Å². The molecule has 0 bridgehead atoms. The van der Waals surface area contributed by atoms with Gasteiger partial charge in [-0.05, 0) is 25.5 Å². The van der Waals surface area contributed by atoms with Crippen LogP contribution < -0.4 is 19.9 Å². The maximum Gasteiger partial charge on any atom is 0.267 e. The zero-order valence-electron chi connectivity index (χ0n) is 13.5. The molecular weight excluding hydrogens is 278 g/mol. The molecule has 0 aliphatic carbocycles. The van der Waals surface area contributed by atoms with Crippen LogP contribution in [0.1, 0.15) is 26.7 Å². The molecule has 120 valence electrons. The molecule has 2 heterocycles. The summed E-state index contributed by atoms with van der Waals surface area (Å²) in [5, 5.41) is 3.37. The number of rotatable bonds is 4. The van der Waals surface area contributed by atoms with Gasteiger partial charge in [0.15, 0.2) is 6.10 Å². The maximum atomic E-state index is 12.6. The summed E-state index contributed by atoms with van der Waals surface area (Å²) in [6.45, 7) is 8.62. The molecule has 2 aliphatic heterocycles. The first kappa shape index (κ1) is 15.2. The van der Waals surface area contributed by atoms with Gasteiger partial charge < -0.3 is 19.9 Å². The first-order valence-corrected chi connectivity index (χ1v) is 8.29. The SMILES string of the molecule is CCCCN1C(=O)C(C)Oc2cccc(N3CCNCC3)c21. The lowest BCUT2D eigenvalue weighted by atomic mass is 10.1. The lowest BCUT2D eigenvalue weighted by Gasteiger charge is -2.38. The fourth-order valence-corrected chi connectivity index (χ4v) is 3.15. The normalized spacial score (nSPS) is 21.5. The Morgan fingerprint density at radius 3 is 2.82 bits per heavy atom. The zero-order valence-corrected chi connectivity index (χ0v) is 13.5. The second kappa shape index (κ2) is 6.57. The number of fused-ring (bicyclic) bond motifs is 1. The summed E-state index contributed by atoms with van der Waals surface area (Å²) in [4.78, 5) is 16.9. The van der Waals surface area contributed by atoms with Crippen molar-refractivity contribution in [2.45, 2.75) is 32.8 Å². The highest BCUT2D eigenvalue weighted by Gasteiger charge is 2.34.